The van der Waals surface area contributed by atoms with Crippen molar-refractivity contribution in [1.29, 1.82) is 0 Å². The van der Waals surface area contributed by atoms with Crippen molar-refractivity contribution in [1.82, 2.24) is 9.88 Å². The third-order valence-corrected chi connectivity index (χ3v) is 5.72. The summed E-state index contributed by atoms with van der Waals surface area (Å²) >= 11 is 1.74. The third kappa shape index (κ3) is 3.72. The van der Waals surface area contributed by atoms with E-state index in [0.717, 1.165) is 62.5 Å². The van der Waals surface area contributed by atoms with Gasteiger partial charge in [-0.05, 0) is 37.8 Å². The zero-order chi connectivity index (χ0) is 16.9. The fraction of sp³-hybridized carbons (Fsp3) is 0.579. The van der Waals surface area contributed by atoms with Gasteiger partial charge in [-0.2, -0.15) is 0 Å². The van der Waals surface area contributed by atoms with E-state index in [4.69, 9.17) is 4.98 Å². The highest BCUT2D eigenvalue weighted by atomic mass is 32.1. The van der Waals surface area contributed by atoms with E-state index in [9.17, 15) is 4.79 Å². The predicted molar refractivity (Wildman–Crippen MR) is 102 cm³/mol. The first-order valence-electron chi connectivity index (χ1n) is 9.12. The minimum Gasteiger partial charge on any atom is -0.347 e. The summed E-state index contributed by atoms with van der Waals surface area (Å²) in [6.45, 7) is 7.86. The molecule has 2 aromatic rings. The smallest absolute Gasteiger partial charge is 0.227 e. The van der Waals surface area contributed by atoms with Gasteiger partial charge in [-0.15, -0.1) is 0 Å². The summed E-state index contributed by atoms with van der Waals surface area (Å²) in [6, 6.07) is 8.27. The number of hydrogen-bond donors (Lipinski definition) is 0. The number of para-hydroxylation sites is 1. The van der Waals surface area contributed by atoms with Gasteiger partial charge in [0.2, 0.25) is 5.91 Å². The quantitative estimate of drug-likeness (QED) is 0.789. The second kappa shape index (κ2) is 7.97. The van der Waals surface area contributed by atoms with E-state index in [1.54, 1.807) is 11.3 Å². The third-order valence-electron chi connectivity index (χ3n) is 4.62. The number of piperidine rings is 1. The van der Waals surface area contributed by atoms with Gasteiger partial charge in [0.25, 0.3) is 0 Å². The second-order valence-electron chi connectivity index (χ2n) is 6.57. The van der Waals surface area contributed by atoms with Crippen LogP contribution >= 0.6 is 11.3 Å². The maximum Gasteiger partial charge on any atom is 0.227 e. The first-order chi connectivity index (χ1) is 11.7. The van der Waals surface area contributed by atoms with Crippen molar-refractivity contribution in [2.24, 2.45) is 5.92 Å². The molecular formula is C19H27N3OS. The second-order valence-corrected chi connectivity index (χ2v) is 7.58. The molecule has 1 aromatic heterocycles. The van der Waals surface area contributed by atoms with E-state index in [1.165, 1.54) is 4.70 Å². The van der Waals surface area contributed by atoms with Crippen LogP contribution in [0.3, 0.4) is 0 Å². The number of carbonyl (C=O) groups is 1. The maximum absolute atomic E-state index is 12.9. The number of rotatable bonds is 6. The number of thiazole rings is 1. The van der Waals surface area contributed by atoms with E-state index < -0.39 is 0 Å². The molecule has 1 saturated heterocycles. The molecule has 0 N–H and O–H groups in total. The minimum atomic E-state index is 0.115. The van der Waals surface area contributed by atoms with Crippen LogP contribution < -0.4 is 4.90 Å². The van der Waals surface area contributed by atoms with Gasteiger partial charge in [-0.25, -0.2) is 4.98 Å². The van der Waals surface area contributed by atoms with Gasteiger partial charge in [-0.3, -0.25) is 4.79 Å². The molecule has 1 atom stereocenters. The summed E-state index contributed by atoms with van der Waals surface area (Å²) in [5, 5.41) is 1.06. The van der Waals surface area contributed by atoms with Gasteiger partial charge in [0.1, 0.15) is 0 Å². The first-order valence-corrected chi connectivity index (χ1v) is 9.93. The molecule has 1 aromatic carbocycles. The zero-order valence-electron chi connectivity index (χ0n) is 14.7. The zero-order valence-corrected chi connectivity index (χ0v) is 15.5. The van der Waals surface area contributed by atoms with Crippen LogP contribution in [0.5, 0.6) is 0 Å². The van der Waals surface area contributed by atoms with Crippen LogP contribution in [-0.2, 0) is 4.79 Å². The Morgan fingerprint density at radius 1 is 1.29 bits per heavy atom. The molecule has 0 aliphatic carbocycles. The highest BCUT2D eigenvalue weighted by Gasteiger charge is 2.30. The van der Waals surface area contributed by atoms with E-state index in [-0.39, 0.29) is 5.92 Å². The van der Waals surface area contributed by atoms with Crippen molar-refractivity contribution < 1.29 is 4.79 Å². The molecule has 130 valence electrons. The topological polar surface area (TPSA) is 36.4 Å². The van der Waals surface area contributed by atoms with Gasteiger partial charge in [0.05, 0.1) is 16.1 Å². The number of benzene rings is 1. The average Bonchev–Trinajstić information content (AvgIpc) is 3.05. The van der Waals surface area contributed by atoms with E-state index in [1.807, 2.05) is 6.07 Å². The van der Waals surface area contributed by atoms with E-state index in [0.29, 0.717) is 5.91 Å². The molecule has 0 spiro atoms. The molecule has 4 nitrogen and oxygen atoms in total. The summed E-state index contributed by atoms with van der Waals surface area (Å²) in [7, 11) is 0. The minimum absolute atomic E-state index is 0.115. The van der Waals surface area contributed by atoms with Gasteiger partial charge in [-0.1, -0.05) is 37.3 Å². The molecule has 5 heteroatoms. The molecule has 2 heterocycles. The molecule has 1 aliphatic heterocycles. The van der Waals surface area contributed by atoms with Crippen LogP contribution in [0.15, 0.2) is 24.3 Å². The summed E-state index contributed by atoms with van der Waals surface area (Å²) in [5.41, 5.74) is 1.06. The van der Waals surface area contributed by atoms with Gasteiger partial charge < -0.3 is 9.80 Å². The Balaban J connectivity index is 1.72. The lowest BCUT2D eigenvalue weighted by molar-refractivity contribution is -0.135. The lowest BCUT2D eigenvalue weighted by Crippen LogP contribution is -2.45. The predicted octanol–water partition coefficient (Wildman–Crippen LogP) is 4.16. The molecular weight excluding hydrogens is 318 g/mol. The largest absolute Gasteiger partial charge is 0.347 e. The number of aromatic nitrogens is 1. The Morgan fingerprint density at radius 3 is 2.75 bits per heavy atom. The van der Waals surface area contributed by atoms with Gasteiger partial charge in [0.15, 0.2) is 5.13 Å². The van der Waals surface area contributed by atoms with Crippen molar-refractivity contribution in [3.63, 3.8) is 0 Å². The van der Waals surface area contributed by atoms with Crippen molar-refractivity contribution in [3.05, 3.63) is 24.3 Å². The lowest BCUT2D eigenvalue weighted by atomic mass is 9.96. The number of hydrogen-bond acceptors (Lipinski definition) is 4. The highest BCUT2D eigenvalue weighted by molar-refractivity contribution is 7.22. The fourth-order valence-corrected chi connectivity index (χ4v) is 4.48. The van der Waals surface area contributed by atoms with Crippen LogP contribution in [0.25, 0.3) is 10.2 Å². The number of nitrogens with zero attached hydrogens (tertiary/aromatic N) is 3. The molecule has 1 amide bonds. The fourth-order valence-electron chi connectivity index (χ4n) is 3.48. The lowest BCUT2D eigenvalue weighted by Gasteiger charge is -2.34. The normalized spacial score (nSPS) is 18.1. The molecule has 1 fully saturated rings. The van der Waals surface area contributed by atoms with Crippen LogP contribution in [0.4, 0.5) is 5.13 Å². The Bertz CT molecular complexity index is 645. The summed E-state index contributed by atoms with van der Waals surface area (Å²) < 4.78 is 1.22. The Labute approximate surface area is 148 Å². The van der Waals surface area contributed by atoms with Crippen LogP contribution in [-0.4, -0.2) is 42.0 Å². The van der Waals surface area contributed by atoms with E-state index in [2.05, 4.69) is 41.8 Å². The first kappa shape index (κ1) is 17.2. The van der Waals surface area contributed by atoms with Crippen LogP contribution in [0.1, 0.15) is 39.5 Å². The van der Waals surface area contributed by atoms with Crippen LogP contribution in [0, 0.1) is 5.92 Å². The highest BCUT2D eigenvalue weighted by Crippen LogP contribution is 2.31. The van der Waals surface area contributed by atoms with E-state index >= 15 is 0 Å². The van der Waals surface area contributed by atoms with Crippen molar-refractivity contribution in [3.8, 4) is 0 Å². The maximum atomic E-state index is 12.9. The van der Waals surface area contributed by atoms with Crippen molar-refractivity contribution in [2.75, 3.05) is 31.1 Å². The Hall–Kier alpha value is -1.62. The molecule has 1 unspecified atom stereocenters. The molecule has 0 radical (unpaired) electrons. The molecule has 1 aliphatic rings. The summed E-state index contributed by atoms with van der Waals surface area (Å²) in [6.07, 6.45) is 4.13. The molecule has 24 heavy (non-hydrogen) atoms. The van der Waals surface area contributed by atoms with Crippen LogP contribution in [0.2, 0.25) is 0 Å². The van der Waals surface area contributed by atoms with Crippen molar-refractivity contribution in [2.45, 2.75) is 39.5 Å². The molecule has 3 rings (SSSR count). The SMILES string of the molecule is CCCN(CCC)C(=O)C1CCCN(c2nc3ccccc3s2)C1. The summed E-state index contributed by atoms with van der Waals surface area (Å²) in [4.78, 5) is 22.1. The number of anilines is 1. The van der Waals surface area contributed by atoms with Gasteiger partial charge >= 0.3 is 0 Å². The number of carbonyl (C=O) groups excluding carboxylic acids is 1. The number of fused-ring (bicyclic) bond motifs is 1. The Kier molecular flexibility index (Phi) is 5.72. The molecule has 0 saturated carbocycles. The average molecular weight is 346 g/mol. The van der Waals surface area contributed by atoms with Crippen molar-refractivity contribution >= 4 is 32.6 Å². The molecule has 0 bridgehead atoms. The Morgan fingerprint density at radius 2 is 2.04 bits per heavy atom. The van der Waals surface area contributed by atoms with Gasteiger partial charge in [0, 0.05) is 26.2 Å². The monoisotopic (exact) mass is 345 g/mol. The summed E-state index contributed by atoms with van der Waals surface area (Å²) in [5.74, 6) is 0.452. The number of amides is 1. The standard InChI is InChI=1S/C19H27N3OS/c1-3-11-21(12-4-2)18(23)15-8-7-13-22(14-15)19-20-16-9-5-6-10-17(16)24-19/h5-6,9-10,15H,3-4,7-8,11-14H2,1-2H3.